The molecule has 0 amide bonds. The van der Waals surface area contributed by atoms with E-state index in [1.54, 1.807) is 0 Å². The number of hydrogen-bond acceptors (Lipinski definition) is 7. The molecule has 7 nitrogen and oxygen atoms in total. The molecule has 0 aliphatic heterocycles. The summed E-state index contributed by atoms with van der Waals surface area (Å²) < 4.78 is 19.3. The highest BCUT2D eigenvalue weighted by molar-refractivity contribution is 5.73. The first-order valence-corrected chi connectivity index (χ1v) is 7.09. The molecule has 0 aromatic heterocycles. The molecule has 0 rings (SSSR count). The van der Waals surface area contributed by atoms with Crippen LogP contribution in [0, 0.1) is 0 Å². The van der Waals surface area contributed by atoms with Crippen LogP contribution in [0.1, 0.15) is 34.1 Å². The van der Waals surface area contributed by atoms with Crippen molar-refractivity contribution in [2.75, 3.05) is 39.6 Å². The van der Waals surface area contributed by atoms with Crippen LogP contribution in [0.25, 0.3) is 0 Å². The van der Waals surface area contributed by atoms with Gasteiger partial charge < -0.3 is 24.1 Å². The van der Waals surface area contributed by atoms with Crippen molar-refractivity contribution in [3.8, 4) is 0 Å². The fraction of sp³-hybridized carbons (Fsp3) is 0.857. The van der Waals surface area contributed by atoms with Crippen molar-refractivity contribution in [2.45, 2.75) is 40.2 Å². The molecule has 7 heteroatoms. The lowest BCUT2D eigenvalue weighted by Gasteiger charge is -2.03. The number of aliphatic hydroxyl groups excluding tert-OH is 1. The van der Waals surface area contributed by atoms with Gasteiger partial charge >= 0.3 is 11.9 Å². The summed E-state index contributed by atoms with van der Waals surface area (Å²) >= 11 is 0. The SMILES string of the molecule is CCCOC(=O)C(C)O.CCOCCOCCOC(C)=O. The molecule has 1 N–H and O–H groups in total. The van der Waals surface area contributed by atoms with Gasteiger partial charge in [0, 0.05) is 13.5 Å². The Hall–Kier alpha value is -1.18. The number of carbonyl (C=O) groups is 2. The summed E-state index contributed by atoms with van der Waals surface area (Å²) in [6.45, 7) is 9.59. The standard InChI is InChI=1S/C8H16O4.C6H12O3/c1-3-10-4-5-11-6-7-12-8(2)9;1-3-4-9-6(8)5(2)7/h3-7H2,1-2H3;5,7H,3-4H2,1-2H3. The molecular formula is C14H28O7. The first-order chi connectivity index (χ1) is 9.95. The maximum atomic E-state index is 10.4. The molecule has 0 aliphatic carbocycles. The van der Waals surface area contributed by atoms with E-state index in [1.807, 2.05) is 13.8 Å². The minimum atomic E-state index is -0.989. The van der Waals surface area contributed by atoms with Gasteiger partial charge in [-0.25, -0.2) is 4.79 Å². The van der Waals surface area contributed by atoms with Gasteiger partial charge in [-0.05, 0) is 20.3 Å². The number of aliphatic hydroxyl groups is 1. The predicted octanol–water partition coefficient (Wildman–Crippen LogP) is 0.923. The summed E-state index contributed by atoms with van der Waals surface area (Å²) in [5.74, 6) is -0.819. The molecule has 0 bridgehead atoms. The third-order valence-electron chi connectivity index (χ3n) is 1.90. The van der Waals surface area contributed by atoms with Gasteiger partial charge in [-0.3, -0.25) is 4.79 Å². The maximum Gasteiger partial charge on any atom is 0.334 e. The van der Waals surface area contributed by atoms with Crippen LogP contribution in [0.2, 0.25) is 0 Å². The zero-order valence-corrected chi connectivity index (χ0v) is 13.4. The molecule has 126 valence electrons. The lowest BCUT2D eigenvalue weighted by Crippen LogP contribution is -2.19. The van der Waals surface area contributed by atoms with Crippen molar-refractivity contribution < 1.29 is 33.6 Å². The highest BCUT2D eigenvalue weighted by atomic mass is 16.6. The summed E-state index contributed by atoms with van der Waals surface area (Å²) in [6.07, 6.45) is -0.199. The number of hydrogen-bond donors (Lipinski definition) is 1. The second-order valence-corrected chi connectivity index (χ2v) is 3.99. The quantitative estimate of drug-likeness (QED) is 0.474. The van der Waals surface area contributed by atoms with E-state index in [0.717, 1.165) is 6.42 Å². The van der Waals surface area contributed by atoms with E-state index in [-0.39, 0.29) is 5.97 Å². The molecule has 21 heavy (non-hydrogen) atoms. The van der Waals surface area contributed by atoms with Crippen LogP contribution in [0.3, 0.4) is 0 Å². The van der Waals surface area contributed by atoms with Crippen molar-refractivity contribution in [3.05, 3.63) is 0 Å². The van der Waals surface area contributed by atoms with E-state index in [9.17, 15) is 9.59 Å². The lowest BCUT2D eigenvalue weighted by molar-refractivity contribution is -0.152. The van der Waals surface area contributed by atoms with Gasteiger partial charge in [0.15, 0.2) is 0 Å². The molecule has 0 heterocycles. The van der Waals surface area contributed by atoms with E-state index in [1.165, 1.54) is 13.8 Å². The molecule has 0 spiro atoms. The van der Waals surface area contributed by atoms with Crippen LogP contribution in [0.15, 0.2) is 0 Å². The molecule has 0 saturated carbocycles. The number of rotatable bonds is 10. The second-order valence-electron chi connectivity index (χ2n) is 3.99. The van der Waals surface area contributed by atoms with Gasteiger partial charge in [-0.15, -0.1) is 0 Å². The van der Waals surface area contributed by atoms with E-state index in [2.05, 4.69) is 9.47 Å². The molecule has 0 fully saturated rings. The molecule has 0 aliphatic rings. The second kappa shape index (κ2) is 16.9. The Morgan fingerprint density at radius 1 is 0.952 bits per heavy atom. The van der Waals surface area contributed by atoms with Gasteiger partial charge in [0.1, 0.15) is 12.7 Å². The number of carbonyl (C=O) groups excluding carboxylic acids is 2. The summed E-state index contributed by atoms with van der Waals surface area (Å²) in [5.41, 5.74) is 0. The highest BCUT2D eigenvalue weighted by Gasteiger charge is 2.07. The normalized spacial score (nSPS) is 11.1. The third-order valence-corrected chi connectivity index (χ3v) is 1.90. The van der Waals surface area contributed by atoms with E-state index < -0.39 is 12.1 Å². The Labute approximate surface area is 126 Å². The molecule has 1 atom stereocenters. The molecule has 0 radical (unpaired) electrons. The fourth-order valence-electron chi connectivity index (χ4n) is 0.932. The maximum absolute atomic E-state index is 10.4. The summed E-state index contributed by atoms with van der Waals surface area (Å²) in [7, 11) is 0. The third kappa shape index (κ3) is 21.3. The largest absolute Gasteiger partial charge is 0.464 e. The van der Waals surface area contributed by atoms with Crippen LogP contribution >= 0.6 is 0 Å². The molecular weight excluding hydrogens is 280 g/mol. The summed E-state index contributed by atoms with van der Waals surface area (Å²) in [4.78, 5) is 20.7. The van der Waals surface area contributed by atoms with Crippen molar-refractivity contribution in [3.63, 3.8) is 0 Å². The lowest BCUT2D eigenvalue weighted by atomic mass is 10.4. The number of ether oxygens (including phenoxy) is 4. The Morgan fingerprint density at radius 2 is 1.52 bits per heavy atom. The van der Waals surface area contributed by atoms with Gasteiger partial charge in [0.25, 0.3) is 0 Å². The van der Waals surface area contributed by atoms with Gasteiger partial charge in [0.05, 0.1) is 26.4 Å². The monoisotopic (exact) mass is 308 g/mol. The summed E-state index contributed by atoms with van der Waals surface area (Å²) in [6, 6.07) is 0. The van der Waals surface area contributed by atoms with Crippen LogP contribution in [-0.2, 0) is 28.5 Å². The first-order valence-electron chi connectivity index (χ1n) is 7.09. The van der Waals surface area contributed by atoms with Gasteiger partial charge in [-0.1, -0.05) is 6.92 Å². The van der Waals surface area contributed by atoms with E-state index in [4.69, 9.17) is 14.6 Å². The smallest absolute Gasteiger partial charge is 0.334 e. The average Bonchev–Trinajstić information content (AvgIpc) is 2.44. The zero-order chi connectivity index (χ0) is 16.5. The van der Waals surface area contributed by atoms with Crippen LogP contribution in [0.4, 0.5) is 0 Å². The van der Waals surface area contributed by atoms with Crippen molar-refractivity contribution in [2.24, 2.45) is 0 Å². The van der Waals surface area contributed by atoms with Crippen LogP contribution < -0.4 is 0 Å². The Balaban J connectivity index is 0. The van der Waals surface area contributed by atoms with Gasteiger partial charge in [-0.2, -0.15) is 0 Å². The minimum Gasteiger partial charge on any atom is -0.464 e. The molecule has 0 aromatic rings. The molecule has 0 saturated heterocycles. The predicted molar refractivity (Wildman–Crippen MR) is 76.9 cm³/mol. The minimum absolute atomic E-state index is 0.275. The molecule has 0 aromatic carbocycles. The van der Waals surface area contributed by atoms with E-state index >= 15 is 0 Å². The highest BCUT2D eigenvalue weighted by Crippen LogP contribution is 1.87. The fourth-order valence-corrected chi connectivity index (χ4v) is 0.932. The van der Waals surface area contributed by atoms with Crippen LogP contribution in [-0.4, -0.2) is 62.8 Å². The van der Waals surface area contributed by atoms with Crippen molar-refractivity contribution >= 4 is 11.9 Å². The average molecular weight is 308 g/mol. The Bertz CT molecular complexity index is 254. The van der Waals surface area contributed by atoms with Crippen LogP contribution in [0.5, 0.6) is 0 Å². The topological polar surface area (TPSA) is 91.3 Å². The number of esters is 2. The summed E-state index contributed by atoms with van der Waals surface area (Å²) in [5, 5.41) is 8.57. The first kappa shape index (κ1) is 22.1. The Morgan fingerprint density at radius 3 is 2.00 bits per heavy atom. The zero-order valence-electron chi connectivity index (χ0n) is 13.4. The van der Waals surface area contributed by atoms with Gasteiger partial charge in [0.2, 0.25) is 0 Å². The van der Waals surface area contributed by atoms with Crippen molar-refractivity contribution in [1.82, 2.24) is 0 Å². The molecule has 1 unspecified atom stereocenters. The van der Waals surface area contributed by atoms with E-state index in [0.29, 0.717) is 39.6 Å². The Kier molecular flexibility index (Phi) is 17.8. The van der Waals surface area contributed by atoms with Crippen molar-refractivity contribution in [1.29, 1.82) is 0 Å².